The van der Waals surface area contributed by atoms with Gasteiger partial charge in [0.05, 0.1) is 23.4 Å². The Morgan fingerprint density at radius 3 is 2.19 bits per heavy atom. The number of nitrogen functional groups attached to an aromatic ring is 1. The van der Waals surface area contributed by atoms with Crippen LogP contribution in [-0.2, 0) is 12.6 Å². The minimum atomic E-state index is -4.71. The van der Waals surface area contributed by atoms with Crippen LogP contribution < -0.4 is 11.1 Å². The molecule has 0 amide bonds. The fraction of sp³-hybridized carbons (Fsp3) is 0.294. The number of benzene rings is 2. The summed E-state index contributed by atoms with van der Waals surface area (Å²) in [6.45, 7) is -0.372. The summed E-state index contributed by atoms with van der Waals surface area (Å²) >= 11 is 0. The molecule has 2 rings (SSSR count). The van der Waals surface area contributed by atoms with E-state index in [0.717, 1.165) is 12.1 Å². The summed E-state index contributed by atoms with van der Waals surface area (Å²) in [6, 6.07) is 6.63. The number of rotatable bonds is 5. The lowest BCUT2D eigenvalue weighted by Gasteiger charge is -2.15. The van der Waals surface area contributed by atoms with Gasteiger partial charge in [-0.25, -0.2) is 4.39 Å². The first-order chi connectivity index (χ1) is 12.0. The van der Waals surface area contributed by atoms with Gasteiger partial charge < -0.3 is 11.1 Å². The third kappa shape index (κ3) is 5.53. The monoisotopic (exact) mass is 380 g/mol. The Bertz CT molecular complexity index is 767. The predicted molar refractivity (Wildman–Crippen MR) is 84.2 cm³/mol. The highest BCUT2D eigenvalue weighted by Gasteiger charge is 2.33. The maximum atomic E-state index is 13.1. The van der Waals surface area contributed by atoms with Crippen LogP contribution in [0.3, 0.4) is 0 Å². The molecule has 26 heavy (non-hydrogen) atoms. The number of halogens is 7. The summed E-state index contributed by atoms with van der Waals surface area (Å²) in [5.41, 5.74) is 5.32. The van der Waals surface area contributed by atoms with Gasteiger partial charge >= 0.3 is 12.4 Å². The Morgan fingerprint density at radius 2 is 1.62 bits per heavy atom. The number of nitrogens with two attached hydrogens (primary N) is 1. The van der Waals surface area contributed by atoms with Crippen molar-refractivity contribution in [3.8, 4) is 0 Å². The van der Waals surface area contributed by atoms with E-state index in [-0.39, 0.29) is 29.9 Å². The molecule has 2 aromatic carbocycles. The highest BCUT2D eigenvalue weighted by molar-refractivity contribution is 5.67. The summed E-state index contributed by atoms with van der Waals surface area (Å²) in [5, 5.41) is 2.53. The lowest BCUT2D eigenvalue weighted by molar-refractivity contribution is -0.138. The number of alkyl halides is 6. The van der Waals surface area contributed by atoms with Gasteiger partial charge in [-0.3, -0.25) is 0 Å². The molecular weight excluding hydrogens is 365 g/mol. The van der Waals surface area contributed by atoms with Gasteiger partial charge in [0.2, 0.25) is 0 Å². The Morgan fingerprint density at radius 1 is 0.923 bits per heavy atom. The molecule has 9 heteroatoms. The maximum absolute atomic E-state index is 13.1. The largest absolute Gasteiger partial charge is 0.416 e. The van der Waals surface area contributed by atoms with Crippen molar-refractivity contribution in [2.75, 3.05) is 17.6 Å². The number of anilines is 2. The smallest absolute Gasteiger partial charge is 0.397 e. The summed E-state index contributed by atoms with van der Waals surface area (Å²) in [5.74, 6) is -0.996. The molecule has 142 valence electrons. The van der Waals surface area contributed by atoms with Crippen LogP contribution in [0.2, 0.25) is 0 Å². The fourth-order valence-corrected chi connectivity index (χ4v) is 2.41. The van der Waals surface area contributed by atoms with Crippen molar-refractivity contribution in [2.45, 2.75) is 25.2 Å². The standard InChI is InChI=1S/C17H15F7N2/c18-12-3-2-11(13(9-12)17(22,23)24)7-10-1-4-15(14(25)8-10)26-6-5-16(19,20)21/h1-4,8-9,26H,5-7,25H2. The molecule has 0 aromatic heterocycles. The van der Waals surface area contributed by atoms with Crippen molar-refractivity contribution in [3.63, 3.8) is 0 Å². The van der Waals surface area contributed by atoms with Gasteiger partial charge in [0.15, 0.2) is 0 Å². The van der Waals surface area contributed by atoms with Crippen LogP contribution in [0.25, 0.3) is 0 Å². The van der Waals surface area contributed by atoms with Gasteiger partial charge in [-0.2, -0.15) is 26.3 Å². The highest BCUT2D eigenvalue weighted by Crippen LogP contribution is 2.34. The molecule has 3 N–H and O–H groups in total. The minimum absolute atomic E-state index is 0.111. The van der Waals surface area contributed by atoms with Crippen LogP contribution in [0.15, 0.2) is 36.4 Å². The first-order valence-corrected chi connectivity index (χ1v) is 7.50. The van der Waals surface area contributed by atoms with Crippen LogP contribution in [-0.4, -0.2) is 12.7 Å². The molecule has 0 fully saturated rings. The zero-order valence-electron chi connectivity index (χ0n) is 13.3. The number of hydrogen-bond donors (Lipinski definition) is 2. The van der Waals surface area contributed by atoms with Gasteiger partial charge in [-0.1, -0.05) is 12.1 Å². The van der Waals surface area contributed by atoms with Crippen LogP contribution >= 0.6 is 0 Å². The van der Waals surface area contributed by atoms with Crippen molar-refractivity contribution in [1.82, 2.24) is 0 Å². The van der Waals surface area contributed by atoms with Crippen molar-refractivity contribution < 1.29 is 30.7 Å². The number of nitrogens with one attached hydrogen (secondary N) is 1. The summed E-state index contributed by atoms with van der Waals surface area (Å²) < 4.78 is 88.6. The molecule has 0 spiro atoms. The molecule has 0 unspecified atom stereocenters. The molecule has 0 saturated heterocycles. The zero-order valence-corrected chi connectivity index (χ0v) is 13.3. The van der Waals surface area contributed by atoms with Crippen LogP contribution in [0.5, 0.6) is 0 Å². The Balaban J connectivity index is 2.16. The summed E-state index contributed by atoms with van der Waals surface area (Å²) in [4.78, 5) is 0. The summed E-state index contributed by atoms with van der Waals surface area (Å²) in [6.07, 6.45) is -10.2. The second-order valence-electron chi connectivity index (χ2n) is 5.69. The molecule has 0 atom stereocenters. The second-order valence-corrected chi connectivity index (χ2v) is 5.69. The summed E-state index contributed by atoms with van der Waals surface area (Å²) in [7, 11) is 0. The van der Waals surface area contributed by atoms with E-state index in [1.807, 2.05) is 0 Å². The molecule has 0 saturated carbocycles. The minimum Gasteiger partial charge on any atom is -0.397 e. The molecular formula is C17H15F7N2. The number of hydrogen-bond acceptors (Lipinski definition) is 2. The third-order valence-electron chi connectivity index (χ3n) is 3.61. The maximum Gasteiger partial charge on any atom is 0.416 e. The average molecular weight is 380 g/mol. The van der Waals surface area contributed by atoms with E-state index in [1.165, 1.54) is 18.2 Å². The van der Waals surface area contributed by atoms with Gasteiger partial charge in [0, 0.05) is 6.54 Å². The topological polar surface area (TPSA) is 38.0 Å². The van der Waals surface area contributed by atoms with Gasteiger partial charge in [0.25, 0.3) is 0 Å². The van der Waals surface area contributed by atoms with Crippen molar-refractivity contribution in [3.05, 3.63) is 58.9 Å². The fourth-order valence-electron chi connectivity index (χ4n) is 2.41. The quantitative estimate of drug-likeness (QED) is 0.540. The van der Waals surface area contributed by atoms with Crippen molar-refractivity contribution in [1.29, 1.82) is 0 Å². The molecule has 0 aliphatic carbocycles. The highest BCUT2D eigenvalue weighted by atomic mass is 19.4. The molecule has 2 aromatic rings. The third-order valence-corrected chi connectivity index (χ3v) is 3.61. The van der Waals surface area contributed by atoms with E-state index in [4.69, 9.17) is 5.73 Å². The van der Waals surface area contributed by atoms with E-state index >= 15 is 0 Å². The average Bonchev–Trinajstić information content (AvgIpc) is 2.49. The van der Waals surface area contributed by atoms with E-state index in [0.29, 0.717) is 11.6 Å². The van der Waals surface area contributed by atoms with E-state index in [9.17, 15) is 30.7 Å². The molecule has 0 heterocycles. The molecule has 0 aliphatic heterocycles. The van der Waals surface area contributed by atoms with Crippen molar-refractivity contribution in [2.24, 2.45) is 0 Å². The lowest BCUT2D eigenvalue weighted by atomic mass is 9.98. The van der Waals surface area contributed by atoms with Crippen LogP contribution in [0.4, 0.5) is 42.1 Å². The Hall–Kier alpha value is -2.45. The first-order valence-electron chi connectivity index (χ1n) is 7.50. The SMILES string of the molecule is Nc1cc(Cc2ccc(F)cc2C(F)(F)F)ccc1NCCC(F)(F)F. The van der Waals surface area contributed by atoms with E-state index in [2.05, 4.69) is 5.32 Å². The van der Waals surface area contributed by atoms with Crippen LogP contribution in [0, 0.1) is 5.82 Å². The van der Waals surface area contributed by atoms with Crippen molar-refractivity contribution >= 4 is 11.4 Å². The molecule has 0 bridgehead atoms. The Labute approximate surface area is 144 Å². The second kappa shape index (κ2) is 7.43. The van der Waals surface area contributed by atoms with E-state index < -0.39 is 30.2 Å². The lowest BCUT2D eigenvalue weighted by Crippen LogP contribution is -2.15. The van der Waals surface area contributed by atoms with Gasteiger partial charge in [-0.05, 0) is 41.8 Å². The molecule has 2 nitrogen and oxygen atoms in total. The predicted octanol–water partition coefficient (Wildman–Crippen LogP) is 5.38. The molecule has 0 radical (unpaired) electrons. The first kappa shape index (κ1) is 19.9. The van der Waals surface area contributed by atoms with Gasteiger partial charge in [-0.15, -0.1) is 0 Å². The van der Waals surface area contributed by atoms with E-state index in [1.54, 1.807) is 0 Å². The Kier molecular flexibility index (Phi) is 5.68. The molecule has 0 aliphatic rings. The normalized spacial score (nSPS) is 12.3. The zero-order chi connectivity index (χ0) is 19.5. The van der Waals surface area contributed by atoms with Crippen LogP contribution in [0.1, 0.15) is 23.1 Å². The van der Waals surface area contributed by atoms with Gasteiger partial charge in [0.1, 0.15) is 5.82 Å².